The summed E-state index contributed by atoms with van der Waals surface area (Å²) in [5, 5.41) is 2.40. The molecule has 0 fully saturated rings. The number of carbonyl (C=O) groups is 4. The molecule has 3 N–H and O–H groups in total. The molecule has 0 aromatic rings. The highest BCUT2D eigenvalue weighted by molar-refractivity contribution is 6.74. The van der Waals surface area contributed by atoms with Crippen LogP contribution in [0.3, 0.4) is 0 Å². The van der Waals surface area contributed by atoms with E-state index >= 15 is 0 Å². The van der Waals surface area contributed by atoms with Crippen molar-refractivity contribution >= 4 is 31.9 Å². The number of amides is 1. The van der Waals surface area contributed by atoms with E-state index in [1.807, 2.05) is 13.1 Å². The summed E-state index contributed by atoms with van der Waals surface area (Å²) >= 11 is 0. The average molecular weight is 501 g/mol. The highest BCUT2D eigenvalue weighted by Gasteiger charge is 2.41. The van der Waals surface area contributed by atoms with Gasteiger partial charge in [0.05, 0.1) is 24.5 Å². The van der Waals surface area contributed by atoms with Crippen LogP contribution in [0.5, 0.6) is 0 Å². The van der Waals surface area contributed by atoms with E-state index < -0.39 is 55.6 Å². The molecule has 3 atom stereocenters. The van der Waals surface area contributed by atoms with Crippen LogP contribution in [0, 0.1) is 5.92 Å². The third kappa shape index (κ3) is 11.9. The van der Waals surface area contributed by atoms with E-state index in [9.17, 15) is 19.2 Å². The van der Waals surface area contributed by atoms with Crippen molar-refractivity contribution in [3.8, 4) is 0 Å². The van der Waals surface area contributed by atoms with Gasteiger partial charge in [-0.3, -0.25) is 19.2 Å². The molecule has 0 saturated carbocycles. The van der Waals surface area contributed by atoms with Gasteiger partial charge < -0.3 is 25.0 Å². The Hall–Kier alpha value is -2.04. The number of esters is 2. The van der Waals surface area contributed by atoms with Gasteiger partial charge in [-0.1, -0.05) is 33.4 Å². The minimum Gasteiger partial charge on any atom is -0.460 e. The molecule has 196 valence electrons. The van der Waals surface area contributed by atoms with Crippen molar-refractivity contribution < 1.29 is 33.1 Å². The highest BCUT2D eigenvalue weighted by atomic mass is 28.4. The molecule has 0 bridgehead atoms. The zero-order valence-corrected chi connectivity index (χ0v) is 23.3. The van der Waals surface area contributed by atoms with Gasteiger partial charge >= 0.3 is 11.9 Å². The SMILES string of the molecule is C=CCOC(=O)CNC(=O)[C@@H](CC(=O)[C@@H](N)CC(=O)OC(C)(C)C)[C@@H](C)O[Si](C)(C)C(C)(C)C. The lowest BCUT2D eigenvalue weighted by Crippen LogP contribution is -2.49. The van der Waals surface area contributed by atoms with Gasteiger partial charge in [-0.15, -0.1) is 0 Å². The Morgan fingerprint density at radius 2 is 1.59 bits per heavy atom. The highest BCUT2D eigenvalue weighted by Crippen LogP contribution is 2.38. The van der Waals surface area contributed by atoms with Crippen molar-refractivity contribution in [2.24, 2.45) is 11.7 Å². The molecule has 0 radical (unpaired) electrons. The molecule has 0 heterocycles. The molecule has 0 aromatic heterocycles. The first-order valence-electron chi connectivity index (χ1n) is 11.5. The lowest BCUT2D eigenvalue weighted by atomic mass is 9.92. The Kier molecular flexibility index (Phi) is 12.4. The minimum atomic E-state index is -2.27. The average Bonchev–Trinajstić information content (AvgIpc) is 2.65. The van der Waals surface area contributed by atoms with Crippen LogP contribution in [0.25, 0.3) is 0 Å². The third-order valence-electron chi connectivity index (χ3n) is 5.60. The van der Waals surface area contributed by atoms with Crippen molar-refractivity contribution in [3.63, 3.8) is 0 Å². The maximum atomic E-state index is 13.0. The van der Waals surface area contributed by atoms with Crippen LogP contribution in [-0.2, 0) is 33.1 Å². The van der Waals surface area contributed by atoms with Crippen molar-refractivity contribution in [1.29, 1.82) is 0 Å². The van der Waals surface area contributed by atoms with Gasteiger partial charge in [0, 0.05) is 6.42 Å². The van der Waals surface area contributed by atoms with E-state index in [2.05, 4.69) is 32.7 Å². The number of carbonyl (C=O) groups excluding carboxylic acids is 4. The van der Waals surface area contributed by atoms with E-state index in [4.69, 9.17) is 19.6 Å². The summed E-state index contributed by atoms with van der Waals surface area (Å²) in [7, 11) is -2.27. The molecule has 9 nitrogen and oxygen atoms in total. The zero-order chi connectivity index (χ0) is 26.9. The smallest absolute Gasteiger partial charge is 0.325 e. The fraction of sp³-hybridized carbons (Fsp3) is 0.750. The van der Waals surface area contributed by atoms with E-state index in [1.165, 1.54) is 6.08 Å². The molecule has 0 rings (SSSR count). The molecular formula is C24H44N2O7Si. The minimum absolute atomic E-state index is 0.0288. The van der Waals surface area contributed by atoms with Gasteiger partial charge in [-0.05, 0) is 45.8 Å². The largest absolute Gasteiger partial charge is 0.460 e. The summed E-state index contributed by atoms with van der Waals surface area (Å²) in [5.41, 5.74) is 5.26. The first-order valence-corrected chi connectivity index (χ1v) is 14.4. The number of rotatable bonds is 13. The lowest BCUT2D eigenvalue weighted by Gasteiger charge is -2.40. The van der Waals surface area contributed by atoms with Crippen molar-refractivity contribution in [2.45, 2.75) is 97.2 Å². The summed E-state index contributed by atoms with van der Waals surface area (Å²) in [6.07, 6.45) is 0.258. The van der Waals surface area contributed by atoms with E-state index in [0.29, 0.717) is 0 Å². The number of Topliss-reactive ketones (excluding diaryl/α,β-unsaturated/α-hetero) is 1. The zero-order valence-electron chi connectivity index (χ0n) is 22.3. The molecule has 0 aromatic carbocycles. The fourth-order valence-electron chi connectivity index (χ4n) is 2.73. The molecule has 0 unspecified atom stereocenters. The topological polar surface area (TPSA) is 134 Å². The summed E-state index contributed by atoms with van der Waals surface area (Å²) in [5.74, 6) is -3.12. The van der Waals surface area contributed by atoms with Gasteiger partial charge in [-0.2, -0.15) is 0 Å². The Morgan fingerprint density at radius 1 is 1.03 bits per heavy atom. The van der Waals surface area contributed by atoms with Gasteiger partial charge in [0.25, 0.3) is 0 Å². The predicted octanol–water partition coefficient (Wildman–Crippen LogP) is 2.88. The normalized spacial score (nSPS) is 15.0. The maximum Gasteiger partial charge on any atom is 0.325 e. The molecule has 1 amide bonds. The molecule has 0 spiro atoms. The van der Waals surface area contributed by atoms with Gasteiger partial charge in [0.1, 0.15) is 18.8 Å². The van der Waals surface area contributed by atoms with Crippen LogP contribution in [0.1, 0.15) is 61.3 Å². The van der Waals surface area contributed by atoms with E-state index in [0.717, 1.165) is 0 Å². The number of hydrogen-bond donors (Lipinski definition) is 2. The van der Waals surface area contributed by atoms with Crippen LogP contribution in [0.4, 0.5) is 0 Å². The Labute approximate surface area is 205 Å². The van der Waals surface area contributed by atoms with Crippen molar-refractivity contribution in [2.75, 3.05) is 13.2 Å². The summed E-state index contributed by atoms with van der Waals surface area (Å²) in [6.45, 7) is 20.3. The maximum absolute atomic E-state index is 13.0. The quantitative estimate of drug-likeness (QED) is 0.224. The van der Waals surface area contributed by atoms with E-state index in [-0.39, 0.29) is 31.0 Å². The number of hydrogen-bond acceptors (Lipinski definition) is 8. The second-order valence-corrected chi connectivity index (χ2v) is 15.7. The Bertz CT molecular complexity index is 739. The van der Waals surface area contributed by atoms with Crippen LogP contribution in [-0.4, -0.2) is 62.8 Å². The van der Waals surface area contributed by atoms with Crippen LogP contribution in [0.2, 0.25) is 18.1 Å². The summed E-state index contributed by atoms with van der Waals surface area (Å²) in [6, 6.07) is -1.12. The second kappa shape index (κ2) is 13.2. The van der Waals surface area contributed by atoms with Crippen molar-refractivity contribution in [1.82, 2.24) is 5.32 Å². The second-order valence-electron chi connectivity index (χ2n) is 10.9. The number of ketones is 1. The van der Waals surface area contributed by atoms with E-state index in [1.54, 1.807) is 27.7 Å². The predicted molar refractivity (Wildman–Crippen MR) is 133 cm³/mol. The monoisotopic (exact) mass is 500 g/mol. The van der Waals surface area contributed by atoms with Crippen LogP contribution in [0.15, 0.2) is 12.7 Å². The Balaban J connectivity index is 5.48. The Morgan fingerprint density at radius 3 is 2.06 bits per heavy atom. The molecular weight excluding hydrogens is 456 g/mol. The van der Waals surface area contributed by atoms with Crippen LogP contribution >= 0.6 is 0 Å². The van der Waals surface area contributed by atoms with Gasteiger partial charge in [0.2, 0.25) is 5.91 Å². The third-order valence-corrected chi connectivity index (χ3v) is 10.2. The summed E-state index contributed by atoms with van der Waals surface area (Å²) < 4.78 is 16.5. The first-order chi connectivity index (χ1) is 15.3. The lowest BCUT2D eigenvalue weighted by molar-refractivity contribution is -0.156. The summed E-state index contributed by atoms with van der Waals surface area (Å²) in [4.78, 5) is 49.7. The van der Waals surface area contributed by atoms with Gasteiger partial charge in [0.15, 0.2) is 14.1 Å². The number of nitrogens with one attached hydrogen (secondary N) is 1. The number of ether oxygens (including phenoxy) is 2. The number of nitrogens with two attached hydrogens (primary N) is 1. The van der Waals surface area contributed by atoms with Crippen molar-refractivity contribution in [3.05, 3.63) is 12.7 Å². The molecule has 10 heteroatoms. The standard InChI is InChI=1S/C24H44N2O7Si/c1-11-12-31-21(29)15-26-22(30)17(16(2)33-34(9,10)24(6,7)8)13-19(27)18(25)14-20(28)32-23(3,4)5/h11,16-18H,1,12-15,25H2,2-10H3,(H,26,30)/t16-,17+,18+/m1/s1. The van der Waals surface area contributed by atoms with Crippen LogP contribution < -0.4 is 11.1 Å². The molecule has 0 aliphatic carbocycles. The van der Waals surface area contributed by atoms with Gasteiger partial charge in [-0.25, -0.2) is 0 Å². The molecule has 0 saturated heterocycles. The first kappa shape index (κ1) is 32.0. The molecule has 0 aliphatic heterocycles. The molecule has 0 aliphatic rings. The molecule has 34 heavy (non-hydrogen) atoms. The fourth-order valence-corrected chi connectivity index (χ4v) is 4.18.